The number of carbonyl (C=O) groups is 3. The van der Waals surface area contributed by atoms with E-state index in [0.717, 1.165) is 31.7 Å². The van der Waals surface area contributed by atoms with Gasteiger partial charge in [-0.1, -0.05) is 6.07 Å². The zero-order chi connectivity index (χ0) is 32.3. The van der Waals surface area contributed by atoms with Crippen LogP contribution in [0.15, 0.2) is 30.5 Å². The molecule has 2 saturated carbocycles. The molecule has 1 aliphatic heterocycles. The summed E-state index contributed by atoms with van der Waals surface area (Å²) >= 11 is 0. The van der Waals surface area contributed by atoms with Crippen molar-refractivity contribution < 1.29 is 36.7 Å². The Kier molecular flexibility index (Phi) is 10.1. The molecule has 45 heavy (non-hydrogen) atoms. The molecule has 5 rings (SSSR count). The maximum absolute atomic E-state index is 15.6. The second-order valence-electron chi connectivity index (χ2n) is 12.5. The SMILES string of the molecule is CC(C)n1nccc1C(=O)N[C@H](C(=O)Nc1ccc(C(CN2CCOCC2)C(=O)NCC(F)(F)F)cc1F)C(C1CC1)C1CC1. The van der Waals surface area contributed by atoms with Crippen LogP contribution in [0, 0.1) is 23.6 Å². The van der Waals surface area contributed by atoms with Gasteiger partial charge in [0.2, 0.25) is 11.8 Å². The van der Waals surface area contributed by atoms with E-state index in [1.54, 1.807) is 10.7 Å². The first-order valence-corrected chi connectivity index (χ1v) is 15.5. The zero-order valence-corrected chi connectivity index (χ0v) is 25.4. The number of rotatable bonds is 13. The first kappa shape index (κ1) is 32.9. The number of benzene rings is 1. The van der Waals surface area contributed by atoms with Gasteiger partial charge < -0.3 is 20.7 Å². The van der Waals surface area contributed by atoms with Crippen molar-refractivity contribution in [3.05, 3.63) is 47.5 Å². The summed E-state index contributed by atoms with van der Waals surface area (Å²) in [5, 5.41) is 11.7. The zero-order valence-electron chi connectivity index (χ0n) is 25.4. The van der Waals surface area contributed by atoms with Crippen LogP contribution in [0.5, 0.6) is 0 Å². The first-order chi connectivity index (χ1) is 21.4. The van der Waals surface area contributed by atoms with Crippen molar-refractivity contribution in [1.29, 1.82) is 0 Å². The van der Waals surface area contributed by atoms with Crippen LogP contribution in [-0.4, -0.2) is 84.0 Å². The molecule has 2 atom stereocenters. The normalized spacial score (nSPS) is 18.9. The fraction of sp³-hybridized carbons (Fsp3) is 0.613. The summed E-state index contributed by atoms with van der Waals surface area (Å²) in [5.41, 5.74) is 0.345. The second kappa shape index (κ2) is 13.9. The molecule has 1 aromatic carbocycles. The van der Waals surface area contributed by atoms with Crippen LogP contribution in [0.25, 0.3) is 0 Å². The number of nitrogens with zero attached hydrogens (tertiary/aromatic N) is 3. The Labute approximate surface area is 259 Å². The van der Waals surface area contributed by atoms with Crippen LogP contribution >= 0.6 is 0 Å². The van der Waals surface area contributed by atoms with Crippen molar-refractivity contribution in [2.45, 2.75) is 63.7 Å². The minimum atomic E-state index is -4.60. The van der Waals surface area contributed by atoms with Crippen molar-refractivity contribution in [1.82, 2.24) is 25.3 Å². The Hall–Kier alpha value is -3.52. The average Bonchev–Trinajstić information content (AvgIpc) is 3.94. The summed E-state index contributed by atoms with van der Waals surface area (Å²) in [6.45, 7) is 4.14. The highest BCUT2D eigenvalue weighted by atomic mass is 19.4. The molecule has 2 aromatic rings. The van der Waals surface area contributed by atoms with E-state index in [4.69, 9.17) is 4.74 Å². The monoisotopic (exact) mass is 636 g/mol. The number of hydrogen-bond acceptors (Lipinski definition) is 6. The van der Waals surface area contributed by atoms with Crippen LogP contribution in [0.4, 0.5) is 23.2 Å². The summed E-state index contributed by atoms with van der Waals surface area (Å²) in [7, 11) is 0. The summed E-state index contributed by atoms with van der Waals surface area (Å²) < 4.78 is 61.0. The molecule has 1 aromatic heterocycles. The van der Waals surface area contributed by atoms with E-state index in [9.17, 15) is 27.6 Å². The molecule has 10 nitrogen and oxygen atoms in total. The predicted molar refractivity (Wildman–Crippen MR) is 157 cm³/mol. The first-order valence-electron chi connectivity index (χ1n) is 15.5. The molecular formula is C31H40F4N6O4. The predicted octanol–water partition coefficient (Wildman–Crippen LogP) is 3.87. The molecule has 2 aliphatic carbocycles. The quantitative estimate of drug-likeness (QED) is 0.288. The molecule has 0 bridgehead atoms. The van der Waals surface area contributed by atoms with Gasteiger partial charge in [-0.25, -0.2) is 4.39 Å². The second-order valence-corrected chi connectivity index (χ2v) is 12.5. The van der Waals surface area contributed by atoms with Crippen molar-refractivity contribution in [2.75, 3.05) is 44.7 Å². The van der Waals surface area contributed by atoms with E-state index < -0.39 is 48.2 Å². The standard InChI is InChI=1S/C31H40F4N6O4/c1-18(2)41-25(9-10-37-41)29(43)39-27(26(19-3-4-19)20-5-6-20)30(44)38-24-8-7-21(15-23(24)32)22(16-40-11-13-45-14-12-40)28(42)36-17-31(33,34)35/h7-10,15,18-20,22,26-27H,3-6,11-14,16-17H2,1-2H3,(H,36,42)(H,38,44)(H,39,43)/t22?,27-/m0/s1. The van der Waals surface area contributed by atoms with Gasteiger partial charge in [-0.3, -0.25) is 24.0 Å². The molecule has 14 heteroatoms. The minimum absolute atomic E-state index is 0.0731. The number of carbonyl (C=O) groups excluding carboxylic acids is 3. The maximum Gasteiger partial charge on any atom is 0.405 e. The van der Waals surface area contributed by atoms with Gasteiger partial charge in [-0.2, -0.15) is 18.3 Å². The molecule has 246 valence electrons. The van der Waals surface area contributed by atoms with E-state index in [2.05, 4.69) is 15.7 Å². The third kappa shape index (κ3) is 8.60. The van der Waals surface area contributed by atoms with Crippen LogP contribution in [0.3, 0.4) is 0 Å². The van der Waals surface area contributed by atoms with Gasteiger partial charge in [-0.05, 0) is 81.0 Å². The van der Waals surface area contributed by atoms with Gasteiger partial charge in [0.1, 0.15) is 24.1 Å². The number of morpholine rings is 1. The molecule has 1 unspecified atom stereocenters. The molecule has 1 saturated heterocycles. The topological polar surface area (TPSA) is 118 Å². The van der Waals surface area contributed by atoms with E-state index in [0.29, 0.717) is 32.0 Å². The summed E-state index contributed by atoms with van der Waals surface area (Å²) in [6, 6.07) is 4.42. The Morgan fingerprint density at radius 3 is 2.27 bits per heavy atom. The van der Waals surface area contributed by atoms with Crippen molar-refractivity contribution in [3.8, 4) is 0 Å². The minimum Gasteiger partial charge on any atom is -0.379 e. The number of hydrogen-bond donors (Lipinski definition) is 3. The summed E-state index contributed by atoms with van der Waals surface area (Å²) in [6.07, 6.45) is 0.737. The van der Waals surface area contributed by atoms with Gasteiger partial charge in [0, 0.05) is 31.9 Å². The van der Waals surface area contributed by atoms with Gasteiger partial charge in [0.15, 0.2) is 0 Å². The number of ether oxygens (including phenoxy) is 1. The summed E-state index contributed by atoms with van der Waals surface area (Å²) in [5.74, 6) is -3.33. The Bertz CT molecular complexity index is 1360. The number of anilines is 1. The molecule has 3 amide bonds. The van der Waals surface area contributed by atoms with Crippen molar-refractivity contribution >= 4 is 23.4 Å². The van der Waals surface area contributed by atoms with E-state index >= 15 is 4.39 Å². The Morgan fingerprint density at radius 2 is 1.69 bits per heavy atom. The Balaban J connectivity index is 1.35. The summed E-state index contributed by atoms with van der Waals surface area (Å²) in [4.78, 5) is 41.9. The fourth-order valence-corrected chi connectivity index (χ4v) is 6.10. The van der Waals surface area contributed by atoms with Gasteiger partial charge in [-0.15, -0.1) is 0 Å². The highest BCUT2D eigenvalue weighted by Gasteiger charge is 2.48. The molecule has 3 N–H and O–H groups in total. The van der Waals surface area contributed by atoms with Crippen molar-refractivity contribution in [2.24, 2.45) is 17.8 Å². The largest absolute Gasteiger partial charge is 0.405 e. The van der Waals surface area contributed by atoms with E-state index in [-0.39, 0.29) is 41.6 Å². The van der Waals surface area contributed by atoms with Gasteiger partial charge in [0.25, 0.3) is 5.91 Å². The number of aromatic nitrogens is 2. The molecule has 3 fully saturated rings. The third-order valence-electron chi connectivity index (χ3n) is 8.66. The lowest BCUT2D eigenvalue weighted by atomic mass is 9.88. The highest BCUT2D eigenvalue weighted by molar-refractivity contribution is 6.01. The number of halogens is 4. The molecule has 3 aliphatic rings. The van der Waals surface area contributed by atoms with Crippen LogP contribution in [0.2, 0.25) is 0 Å². The highest BCUT2D eigenvalue weighted by Crippen LogP contribution is 2.51. The molecule has 2 heterocycles. The van der Waals surface area contributed by atoms with Crippen LogP contribution in [-0.2, 0) is 14.3 Å². The number of nitrogens with one attached hydrogen (secondary N) is 3. The average molecular weight is 637 g/mol. The molecular weight excluding hydrogens is 596 g/mol. The van der Waals surface area contributed by atoms with Gasteiger partial charge >= 0.3 is 6.18 Å². The van der Waals surface area contributed by atoms with Gasteiger partial charge in [0.05, 0.1) is 24.8 Å². The van der Waals surface area contributed by atoms with Crippen LogP contribution in [0.1, 0.15) is 67.5 Å². The van der Waals surface area contributed by atoms with Crippen molar-refractivity contribution in [3.63, 3.8) is 0 Å². The fourth-order valence-electron chi connectivity index (χ4n) is 6.10. The lowest BCUT2D eigenvalue weighted by Crippen LogP contribution is -2.50. The lowest BCUT2D eigenvalue weighted by Gasteiger charge is -2.30. The number of alkyl halides is 3. The maximum atomic E-state index is 15.6. The third-order valence-corrected chi connectivity index (χ3v) is 8.66. The Morgan fingerprint density at radius 1 is 1.02 bits per heavy atom. The number of amides is 3. The van der Waals surface area contributed by atoms with E-state index in [1.807, 2.05) is 24.1 Å². The molecule has 0 spiro atoms. The lowest BCUT2D eigenvalue weighted by molar-refractivity contribution is -0.139. The smallest absolute Gasteiger partial charge is 0.379 e. The van der Waals surface area contributed by atoms with E-state index in [1.165, 1.54) is 18.3 Å². The van der Waals surface area contributed by atoms with Crippen LogP contribution < -0.4 is 16.0 Å². The molecule has 0 radical (unpaired) electrons.